The summed E-state index contributed by atoms with van der Waals surface area (Å²) in [4.78, 5) is 55.1. The number of fused-ring (bicyclic) bond motifs is 1. The second-order valence-corrected chi connectivity index (χ2v) is 10.4. The fourth-order valence-corrected chi connectivity index (χ4v) is 5.74. The highest BCUT2D eigenvalue weighted by Crippen LogP contribution is 2.45. The Kier molecular flexibility index (Phi) is 7.66. The average Bonchev–Trinajstić information content (AvgIpc) is 3.53. The van der Waals surface area contributed by atoms with Crippen LogP contribution in [0.3, 0.4) is 0 Å². The first-order valence-electron chi connectivity index (χ1n) is 13.1. The maximum atomic E-state index is 14.3. The molecule has 1 unspecified atom stereocenters. The number of Topliss-reactive ketones (excluding diaryl/α,β-unsaturated/α-hetero) is 1. The molecule has 13 nitrogen and oxygen atoms in total. The molecule has 5 rings (SSSR count). The van der Waals surface area contributed by atoms with Gasteiger partial charge in [-0.1, -0.05) is 18.2 Å². The second-order valence-electron chi connectivity index (χ2n) is 10.4. The third kappa shape index (κ3) is 4.85. The molecule has 1 aromatic heterocycles. The van der Waals surface area contributed by atoms with E-state index in [-0.39, 0.29) is 34.7 Å². The molecule has 0 radical (unpaired) electrons. The van der Waals surface area contributed by atoms with Crippen LogP contribution in [0.1, 0.15) is 41.4 Å². The topological polar surface area (TPSA) is 176 Å². The van der Waals surface area contributed by atoms with Crippen LogP contribution < -0.4 is 5.32 Å². The van der Waals surface area contributed by atoms with E-state index in [0.717, 1.165) is 0 Å². The lowest BCUT2D eigenvalue weighted by Crippen LogP contribution is -2.53. The fraction of sp³-hybridized carbons (Fsp3) is 0.379. The van der Waals surface area contributed by atoms with Crippen LogP contribution in [-0.4, -0.2) is 77.0 Å². The third-order valence-corrected chi connectivity index (χ3v) is 7.75. The smallest absolute Gasteiger partial charge is 0.357 e. The Labute approximate surface area is 240 Å². The van der Waals surface area contributed by atoms with Crippen molar-refractivity contribution in [2.75, 3.05) is 20.3 Å². The molecular weight excluding hydrogens is 550 g/mol. The number of hydrogen-bond acceptors (Lipinski definition) is 12. The summed E-state index contributed by atoms with van der Waals surface area (Å²) in [5, 5.41) is 26.4. The summed E-state index contributed by atoms with van der Waals surface area (Å²) in [7, 11) is 1.18. The summed E-state index contributed by atoms with van der Waals surface area (Å²) in [6, 6.07) is 8.96. The van der Waals surface area contributed by atoms with Gasteiger partial charge in [0.2, 0.25) is 0 Å². The van der Waals surface area contributed by atoms with Crippen LogP contribution in [0.2, 0.25) is 0 Å². The van der Waals surface area contributed by atoms with Crippen molar-refractivity contribution in [2.24, 2.45) is 0 Å². The maximum absolute atomic E-state index is 14.3. The number of aromatic nitrogens is 1. The van der Waals surface area contributed by atoms with Gasteiger partial charge < -0.3 is 29.4 Å². The lowest BCUT2D eigenvalue weighted by molar-refractivity contribution is -0.384. The first kappa shape index (κ1) is 29.0. The van der Waals surface area contributed by atoms with E-state index in [0.29, 0.717) is 17.0 Å². The Morgan fingerprint density at radius 2 is 1.83 bits per heavy atom. The number of aryl methyl sites for hydroxylation is 1. The zero-order chi connectivity index (χ0) is 30.3. The molecule has 3 aliphatic heterocycles. The molecule has 4 heterocycles. The zero-order valence-corrected chi connectivity index (χ0v) is 23.3. The van der Waals surface area contributed by atoms with Crippen LogP contribution in [0.5, 0.6) is 0 Å². The van der Waals surface area contributed by atoms with E-state index in [1.54, 1.807) is 39.0 Å². The molecule has 5 atom stereocenters. The Bertz CT molecular complexity index is 1550. The van der Waals surface area contributed by atoms with Gasteiger partial charge in [0.1, 0.15) is 12.2 Å². The van der Waals surface area contributed by atoms with Gasteiger partial charge in [0.25, 0.3) is 5.69 Å². The van der Waals surface area contributed by atoms with Crippen molar-refractivity contribution in [3.05, 3.63) is 92.1 Å². The normalized spacial score (nSPS) is 26.9. The minimum atomic E-state index is -2.23. The van der Waals surface area contributed by atoms with Gasteiger partial charge in [0, 0.05) is 41.2 Å². The predicted octanol–water partition coefficient (Wildman–Crippen LogP) is 2.03. The van der Waals surface area contributed by atoms with Gasteiger partial charge in [-0.15, -0.1) is 0 Å². The summed E-state index contributed by atoms with van der Waals surface area (Å²) in [6.07, 6.45) is -1.62. The number of ether oxygens (including phenoxy) is 4. The maximum Gasteiger partial charge on any atom is 0.357 e. The van der Waals surface area contributed by atoms with Gasteiger partial charge in [-0.3, -0.25) is 14.9 Å². The summed E-state index contributed by atoms with van der Waals surface area (Å²) in [6.45, 7) is 4.31. The standard InChI is InChI=1S/C29H29N3O10/c1-14-7-6-10-30-23(14)28(35)42-19-12-40-26-24(19)41-13-29(26,36)25(33)20-15(2)31-16(3)21(27(34)39-4)22(20)17-8-5-9-18(11-17)32(37)38/h5-11,19,22,24,26,31,36H,12-13H2,1-4H3/t19-,22?,24+,26-,29-/m0/s1. The third-order valence-electron chi connectivity index (χ3n) is 7.75. The highest BCUT2D eigenvalue weighted by molar-refractivity contribution is 6.08. The molecule has 13 heteroatoms. The number of nitrogens with one attached hydrogen (secondary N) is 1. The molecule has 2 saturated heterocycles. The lowest BCUT2D eigenvalue weighted by Gasteiger charge is -2.34. The minimum absolute atomic E-state index is 0.0126. The Morgan fingerprint density at radius 1 is 1.10 bits per heavy atom. The molecule has 0 saturated carbocycles. The number of hydrogen-bond donors (Lipinski definition) is 2. The van der Waals surface area contributed by atoms with E-state index in [1.807, 2.05) is 0 Å². The van der Waals surface area contributed by atoms with E-state index in [9.17, 15) is 29.6 Å². The number of pyridine rings is 1. The van der Waals surface area contributed by atoms with Gasteiger partial charge in [0.15, 0.2) is 23.2 Å². The molecular formula is C29H29N3O10. The van der Waals surface area contributed by atoms with E-state index in [2.05, 4.69) is 10.3 Å². The Morgan fingerprint density at radius 3 is 2.52 bits per heavy atom. The lowest BCUT2D eigenvalue weighted by atomic mass is 9.74. The summed E-state index contributed by atoms with van der Waals surface area (Å²) in [5.74, 6) is -3.37. The van der Waals surface area contributed by atoms with Crippen molar-refractivity contribution in [3.8, 4) is 0 Å². The number of non-ortho nitro benzene ring substituents is 1. The van der Waals surface area contributed by atoms with E-state index in [4.69, 9.17) is 18.9 Å². The van der Waals surface area contributed by atoms with Gasteiger partial charge in [-0.25, -0.2) is 14.6 Å². The van der Waals surface area contributed by atoms with Crippen molar-refractivity contribution in [2.45, 2.75) is 50.6 Å². The van der Waals surface area contributed by atoms with Crippen molar-refractivity contribution in [1.29, 1.82) is 0 Å². The highest BCUT2D eigenvalue weighted by atomic mass is 16.6. The number of dihydropyridines is 1. The monoisotopic (exact) mass is 579 g/mol. The van der Waals surface area contributed by atoms with E-state index >= 15 is 0 Å². The zero-order valence-electron chi connectivity index (χ0n) is 23.3. The minimum Gasteiger partial charge on any atom is -0.466 e. The molecule has 1 aromatic carbocycles. The number of carbonyl (C=O) groups is 3. The number of nitro groups is 1. The van der Waals surface area contributed by atoms with Gasteiger partial charge in [-0.2, -0.15) is 0 Å². The van der Waals surface area contributed by atoms with Gasteiger partial charge in [-0.05, 0) is 38.0 Å². The largest absolute Gasteiger partial charge is 0.466 e. The molecule has 2 fully saturated rings. The number of aliphatic hydroxyl groups is 1. The number of esters is 2. The van der Waals surface area contributed by atoms with Crippen LogP contribution >= 0.6 is 0 Å². The van der Waals surface area contributed by atoms with Crippen LogP contribution in [0.15, 0.2) is 65.1 Å². The van der Waals surface area contributed by atoms with Crippen molar-refractivity contribution >= 4 is 23.4 Å². The molecule has 0 bridgehead atoms. The fourth-order valence-electron chi connectivity index (χ4n) is 5.74. The number of rotatable bonds is 7. The summed E-state index contributed by atoms with van der Waals surface area (Å²) in [5.41, 5.74) is -0.713. The Hall–Kier alpha value is -4.46. The van der Waals surface area contributed by atoms with Crippen LogP contribution in [-0.2, 0) is 28.5 Å². The van der Waals surface area contributed by atoms with Gasteiger partial charge >= 0.3 is 11.9 Å². The van der Waals surface area contributed by atoms with Crippen molar-refractivity contribution < 1.29 is 43.4 Å². The Balaban J connectivity index is 1.48. The second kappa shape index (κ2) is 11.1. The quantitative estimate of drug-likeness (QED) is 0.278. The molecule has 2 aromatic rings. The molecule has 0 amide bonds. The number of allylic oxidation sites excluding steroid dienone is 2. The number of benzene rings is 1. The summed E-state index contributed by atoms with van der Waals surface area (Å²) >= 11 is 0. The van der Waals surface area contributed by atoms with Crippen LogP contribution in [0.4, 0.5) is 5.69 Å². The number of methoxy groups -OCH3 is 1. The number of nitrogens with zero attached hydrogens (tertiary/aromatic N) is 2. The first-order valence-corrected chi connectivity index (χ1v) is 13.1. The first-order chi connectivity index (χ1) is 20.0. The average molecular weight is 580 g/mol. The van der Waals surface area contributed by atoms with E-state index < -0.39 is 59.1 Å². The SMILES string of the molecule is COC(=O)C1=C(C)NC(C)=C(C(=O)[C@@]2(O)CO[C@@H]3[C@@H](OC(=O)c4ncccc4C)CO[C@@H]32)C1c1cccc([N+](=O)[O-])c1. The molecule has 0 aliphatic carbocycles. The molecule has 42 heavy (non-hydrogen) atoms. The molecule has 2 N–H and O–H groups in total. The summed E-state index contributed by atoms with van der Waals surface area (Å²) < 4.78 is 22.2. The predicted molar refractivity (Wildman–Crippen MR) is 144 cm³/mol. The van der Waals surface area contributed by atoms with Crippen LogP contribution in [0.25, 0.3) is 0 Å². The number of carbonyl (C=O) groups excluding carboxylic acids is 3. The number of ketones is 1. The molecule has 3 aliphatic rings. The molecule has 220 valence electrons. The van der Waals surface area contributed by atoms with E-state index in [1.165, 1.54) is 31.5 Å². The van der Waals surface area contributed by atoms with Crippen molar-refractivity contribution in [1.82, 2.24) is 10.3 Å². The highest BCUT2D eigenvalue weighted by Gasteiger charge is 2.62. The molecule has 0 spiro atoms. The van der Waals surface area contributed by atoms with Gasteiger partial charge in [0.05, 0.1) is 30.8 Å². The van der Waals surface area contributed by atoms with Crippen LogP contribution in [0, 0.1) is 17.0 Å². The number of nitro benzene ring substituents is 1. The van der Waals surface area contributed by atoms with Crippen molar-refractivity contribution in [3.63, 3.8) is 0 Å².